The monoisotopic (exact) mass is 290 g/mol. The highest BCUT2D eigenvalue weighted by Gasteiger charge is 2.46. The molecule has 2 N–H and O–H groups in total. The Morgan fingerprint density at radius 2 is 1.81 bits per heavy atom. The molecule has 0 unspecified atom stereocenters. The van der Waals surface area contributed by atoms with Crippen LogP contribution in [0.15, 0.2) is 24.3 Å². The minimum absolute atomic E-state index is 0.0344. The first-order valence-electron chi connectivity index (χ1n) is 8.71. The molecular formula is C18H27FN2+2. The topological polar surface area (TPSA) is 8.88 Å². The highest BCUT2D eigenvalue weighted by molar-refractivity contribution is 5.15. The van der Waals surface area contributed by atoms with Gasteiger partial charge in [0.15, 0.2) is 0 Å². The van der Waals surface area contributed by atoms with Crippen molar-refractivity contribution in [3.05, 3.63) is 35.6 Å². The Kier molecular flexibility index (Phi) is 3.72. The summed E-state index contributed by atoms with van der Waals surface area (Å²) in [4.78, 5) is 3.42. The average Bonchev–Trinajstić information content (AvgIpc) is 3.13. The molecule has 2 nitrogen and oxygen atoms in total. The summed E-state index contributed by atoms with van der Waals surface area (Å²) in [5.41, 5.74) is 0.885. The van der Waals surface area contributed by atoms with Gasteiger partial charge in [0.05, 0.1) is 6.04 Å². The standard InChI is InChI=1S/C18H25FN2/c19-17-4-2-1-3-16(17)13-20-7-9-21(10-8-20)18-12-14-5-6-15(18)11-14/h1-4,14-15,18H,5-13H2/p+2/t14-,15+,18+/m0/s1. The maximum Gasteiger partial charge on any atom is 0.132 e. The number of halogens is 1. The minimum Gasteiger partial charge on any atom is -0.323 e. The van der Waals surface area contributed by atoms with Crippen molar-refractivity contribution in [2.75, 3.05) is 26.2 Å². The van der Waals surface area contributed by atoms with E-state index >= 15 is 0 Å². The third kappa shape index (κ3) is 2.74. The number of benzene rings is 1. The van der Waals surface area contributed by atoms with Gasteiger partial charge in [-0.2, -0.15) is 0 Å². The molecule has 0 spiro atoms. The Morgan fingerprint density at radius 1 is 1.00 bits per heavy atom. The zero-order valence-electron chi connectivity index (χ0n) is 12.8. The summed E-state index contributed by atoms with van der Waals surface area (Å²) in [5, 5.41) is 0. The van der Waals surface area contributed by atoms with Crippen molar-refractivity contribution in [1.29, 1.82) is 0 Å². The molecule has 1 aliphatic heterocycles. The third-order valence-electron chi connectivity index (χ3n) is 6.26. The fraction of sp³-hybridized carbons (Fsp3) is 0.667. The van der Waals surface area contributed by atoms with Crippen LogP contribution in [0.5, 0.6) is 0 Å². The molecule has 1 aromatic carbocycles. The fourth-order valence-electron chi connectivity index (χ4n) is 5.13. The maximum absolute atomic E-state index is 13.8. The van der Waals surface area contributed by atoms with Crippen LogP contribution in [-0.2, 0) is 6.54 Å². The van der Waals surface area contributed by atoms with Crippen LogP contribution < -0.4 is 9.80 Å². The van der Waals surface area contributed by atoms with Gasteiger partial charge < -0.3 is 9.80 Å². The number of fused-ring (bicyclic) bond motifs is 2. The number of nitrogens with one attached hydrogen (secondary N) is 2. The number of hydrogen-bond acceptors (Lipinski definition) is 0. The van der Waals surface area contributed by atoms with Crippen molar-refractivity contribution < 1.29 is 14.2 Å². The van der Waals surface area contributed by atoms with E-state index in [9.17, 15) is 4.39 Å². The molecule has 2 aliphatic carbocycles. The molecule has 1 heterocycles. The van der Waals surface area contributed by atoms with Crippen molar-refractivity contribution in [1.82, 2.24) is 0 Å². The Bertz CT molecular complexity index is 496. The number of quaternary nitrogens is 2. The van der Waals surface area contributed by atoms with E-state index in [1.54, 1.807) is 17.0 Å². The number of hydrogen-bond donors (Lipinski definition) is 2. The first kappa shape index (κ1) is 13.7. The van der Waals surface area contributed by atoms with Crippen molar-refractivity contribution >= 4 is 0 Å². The van der Waals surface area contributed by atoms with Gasteiger partial charge in [0.2, 0.25) is 0 Å². The van der Waals surface area contributed by atoms with E-state index in [2.05, 4.69) is 0 Å². The molecular weight excluding hydrogens is 263 g/mol. The highest BCUT2D eigenvalue weighted by Crippen LogP contribution is 2.43. The van der Waals surface area contributed by atoms with Crippen molar-refractivity contribution in [2.24, 2.45) is 11.8 Å². The molecule has 4 rings (SSSR count). The van der Waals surface area contributed by atoms with Gasteiger partial charge in [0.1, 0.15) is 38.5 Å². The summed E-state index contributed by atoms with van der Waals surface area (Å²) in [6, 6.07) is 8.22. The van der Waals surface area contributed by atoms with Gasteiger partial charge in [0.25, 0.3) is 0 Å². The molecule has 3 heteroatoms. The molecule has 0 radical (unpaired) electrons. The van der Waals surface area contributed by atoms with Crippen molar-refractivity contribution in [2.45, 2.75) is 38.3 Å². The smallest absolute Gasteiger partial charge is 0.132 e. The van der Waals surface area contributed by atoms with Crippen LogP contribution in [0.2, 0.25) is 0 Å². The highest BCUT2D eigenvalue weighted by atomic mass is 19.1. The predicted molar refractivity (Wildman–Crippen MR) is 80.7 cm³/mol. The third-order valence-corrected chi connectivity index (χ3v) is 6.26. The molecule has 0 amide bonds. The van der Waals surface area contributed by atoms with Crippen LogP contribution in [0.25, 0.3) is 0 Å². The molecule has 0 aromatic heterocycles. The predicted octanol–water partition coefficient (Wildman–Crippen LogP) is 0.298. The van der Waals surface area contributed by atoms with Crippen molar-refractivity contribution in [3.8, 4) is 0 Å². The lowest BCUT2D eigenvalue weighted by atomic mass is 9.93. The molecule has 3 atom stereocenters. The van der Waals surface area contributed by atoms with Crippen LogP contribution in [0, 0.1) is 17.7 Å². The zero-order valence-corrected chi connectivity index (χ0v) is 12.8. The second-order valence-corrected chi connectivity index (χ2v) is 7.46. The average molecular weight is 290 g/mol. The number of piperazine rings is 1. The normalized spacial score (nSPS) is 38.8. The molecule has 2 saturated carbocycles. The van der Waals surface area contributed by atoms with E-state index in [1.165, 1.54) is 51.9 Å². The summed E-state index contributed by atoms with van der Waals surface area (Å²) < 4.78 is 13.8. The van der Waals surface area contributed by atoms with Gasteiger partial charge in [-0.15, -0.1) is 0 Å². The van der Waals surface area contributed by atoms with Crippen LogP contribution in [0.3, 0.4) is 0 Å². The van der Waals surface area contributed by atoms with Gasteiger partial charge >= 0.3 is 0 Å². The second-order valence-electron chi connectivity index (χ2n) is 7.46. The Morgan fingerprint density at radius 3 is 2.48 bits per heavy atom. The molecule has 114 valence electrons. The van der Waals surface area contributed by atoms with Gasteiger partial charge in [-0.3, -0.25) is 0 Å². The van der Waals surface area contributed by atoms with Gasteiger partial charge in [0, 0.05) is 17.9 Å². The van der Waals surface area contributed by atoms with Crippen molar-refractivity contribution in [3.63, 3.8) is 0 Å². The molecule has 1 saturated heterocycles. The van der Waals surface area contributed by atoms with E-state index in [4.69, 9.17) is 0 Å². The lowest BCUT2D eigenvalue weighted by Crippen LogP contribution is -3.29. The second kappa shape index (κ2) is 5.69. The largest absolute Gasteiger partial charge is 0.323 e. The Balaban J connectivity index is 1.32. The van der Waals surface area contributed by atoms with Gasteiger partial charge in [-0.05, 0) is 31.2 Å². The Hall–Kier alpha value is -0.930. The molecule has 3 fully saturated rings. The molecule has 2 bridgehead atoms. The molecule has 21 heavy (non-hydrogen) atoms. The maximum atomic E-state index is 13.8. The SMILES string of the molecule is Fc1ccccc1C[NH+]1CC[NH+]([C@@H]2C[C@H]3CC[C@@H]2C3)CC1. The molecule has 3 aliphatic rings. The summed E-state index contributed by atoms with van der Waals surface area (Å²) >= 11 is 0. The quantitative estimate of drug-likeness (QED) is 0.792. The summed E-state index contributed by atoms with van der Waals surface area (Å²) in [5.74, 6) is 2.04. The van der Waals surface area contributed by atoms with Gasteiger partial charge in [-0.1, -0.05) is 18.2 Å². The fourth-order valence-corrected chi connectivity index (χ4v) is 5.13. The Labute approximate surface area is 126 Å². The van der Waals surface area contributed by atoms with Crippen LogP contribution in [-0.4, -0.2) is 32.2 Å². The molecule has 1 aromatic rings. The summed E-state index contributed by atoms with van der Waals surface area (Å²) in [7, 11) is 0. The summed E-state index contributed by atoms with van der Waals surface area (Å²) in [6.45, 7) is 5.85. The van der Waals surface area contributed by atoms with E-state index in [-0.39, 0.29) is 5.82 Å². The van der Waals surface area contributed by atoms with Crippen LogP contribution in [0.4, 0.5) is 4.39 Å². The lowest BCUT2D eigenvalue weighted by Gasteiger charge is -2.36. The van der Waals surface area contributed by atoms with E-state index in [0.717, 1.165) is 30.0 Å². The van der Waals surface area contributed by atoms with E-state index in [1.807, 2.05) is 17.0 Å². The zero-order chi connectivity index (χ0) is 14.2. The van der Waals surface area contributed by atoms with Crippen LogP contribution >= 0.6 is 0 Å². The first-order valence-corrected chi connectivity index (χ1v) is 8.71. The summed E-state index contributed by atoms with van der Waals surface area (Å²) in [6.07, 6.45) is 5.99. The van der Waals surface area contributed by atoms with Crippen LogP contribution in [0.1, 0.15) is 31.2 Å². The lowest BCUT2D eigenvalue weighted by molar-refractivity contribution is -1.03. The minimum atomic E-state index is -0.0344. The van der Waals surface area contributed by atoms with E-state index < -0.39 is 0 Å². The first-order chi connectivity index (χ1) is 10.3. The number of rotatable bonds is 3. The van der Waals surface area contributed by atoms with E-state index in [0.29, 0.717) is 0 Å². The van der Waals surface area contributed by atoms with Gasteiger partial charge in [-0.25, -0.2) is 4.39 Å².